The summed E-state index contributed by atoms with van der Waals surface area (Å²) in [5.74, 6) is -0.255. The van der Waals surface area contributed by atoms with Gasteiger partial charge in [-0.3, -0.25) is 9.59 Å². The molecule has 0 rings (SSSR count). The van der Waals surface area contributed by atoms with Crippen molar-refractivity contribution in [3.05, 3.63) is 25.3 Å². The second kappa shape index (κ2) is 6.73. The van der Waals surface area contributed by atoms with Crippen molar-refractivity contribution in [3.63, 3.8) is 0 Å². The number of amides is 2. The van der Waals surface area contributed by atoms with Crippen molar-refractivity contribution < 1.29 is 9.59 Å². The van der Waals surface area contributed by atoms with Gasteiger partial charge in [0.25, 0.3) is 0 Å². The summed E-state index contributed by atoms with van der Waals surface area (Å²) >= 11 is 0. The van der Waals surface area contributed by atoms with E-state index >= 15 is 0 Å². The normalized spacial score (nSPS) is 11.7. The van der Waals surface area contributed by atoms with Crippen LogP contribution in [0.2, 0.25) is 0 Å². The highest BCUT2D eigenvalue weighted by Crippen LogP contribution is 2.17. The van der Waals surface area contributed by atoms with Gasteiger partial charge < -0.3 is 9.80 Å². The van der Waals surface area contributed by atoms with Gasteiger partial charge in [-0.05, 0) is 53.7 Å². The Morgan fingerprint density at radius 3 is 1.20 bits per heavy atom. The second-order valence-electron chi connectivity index (χ2n) is 6.73. The van der Waals surface area contributed by atoms with Crippen molar-refractivity contribution in [1.29, 1.82) is 0 Å². The van der Waals surface area contributed by atoms with Crippen LogP contribution < -0.4 is 0 Å². The zero-order valence-electron chi connectivity index (χ0n) is 13.7. The fraction of sp³-hybridized carbons (Fsp3) is 0.625. The number of carbonyl (C=O) groups is 2. The first-order valence-corrected chi connectivity index (χ1v) is 6.83. The molecule has 0 saturated heterocycles. The molecule has 0 N–H and O–H groups in total. The van der Waals surface area contributed by atoms with Gasteiger partial charge in [0.2, 0.25) is 11.8 Å². The third-order valence-corrected chi connectivity index (χ3v) is 3.05. The van der Waals surface area contributed by atoms with Gasteiger partial charge in [-0.25, -0.2) is 0 Å². The Morgan fingerprint density at radius 1 is 0.800 bits per heavy atom. The summed E-state index contributed by atoms with van der Waals surface area (Å²) in [6, 6.07) is 0. The van der Waals surface area contributed by atoms with Gasteiger partial charge in [0.15, 0.2) is 0 Å². The van der Waals surface area contributed by atoms with E-state index in [-0.39, 0.29) is 22.9 Å². The molecule has 0 fully saturated rings. The van der Waals surface area contributed by atoms with E-state index in [1.807, 2.05) is 41.5 Å². The molecule has 20 heavy (non-hydrogen) atoms. The predicted molar refractivity (Wildman–Crippen MR) is 83.3 cm³/mol. The number of nitrogens with zero attached hydrogens (tertiary/aromatic N) is 2. The molecule has 0 aromatic heterocycles. The molecule has 0 bridgehead atoms. The van der Waals surface area contributed by atoms with Crippen LogP contribution in [0.5, 0.6) is 0 Å². The van der Waals surface area contributed by atoms with Crippen molar-refractivity contribution >= 4 is 11.8 Å². The number of carbonyl (C=O) groups excluding carboxylic acids is 2. The van der Waals surface area contributed by atoms with Crippen molar-refractivity contribution in [2.75, 3.05) is 13.1 Å². The molecule has 0 heterocycles. The van der Waals surface area contributed by atoms with E-state index in [1.54, 1.807) is 9.80 Å². The van der Waals surface area contributed by atoms with E-state index < -0.39 is 0 Å². The minimum absolute atomic E-state index is 0.127. The average molecular weight is 280 g/mol. The maximum atomic E-state index is 11.9. The Bertz CT molecular complexity index is 348. The van der Waals surface area contributed by atoms with Crippen LogP contribution in [0.25, 0.3) is 0 Å². The van der Waals surface area contributed by atoms with E-state index in [0.717, 1.165) is 0 Å². The molecule has 0 atom stereocenters. The molecule has 0 aliphatic rings. The molecule has 4 heteroatoms. The van der Waals surface area contributed by atoms with Crippen LogP contribution in [0.3, 0.4) is 0 Å². The van der Waals surface area contributed by atoms with Gasteiger partial charge in [-0.2, -0.15) is 0 Å². The molecule has 0 spiro atoms. The third-order valence-electron chi connectivity index (χ3n) is 3.05. The molecule has 0 aliphatic heterocycles. The number of hydrogen-bond acceptors (Lipinski definition) is 2. The molecule has 0 radical (unpaired) electrons. The summed E-state index contributed by atoms with van der Waals surface area (Å²) < 4.78 is 0. The van der Waals surface area contributed by atoms with E-state index in [2.05, 4.69) is 13.2 Å². The van der Waals surface area contributed by atoms with Crippen molar-refractivity contribution in [2.45, 2.75) is 52.6 Å². The van der Waals surface area contributed by atoms with Crippen LogP contribution >= 0.6 is 0 Å². The Kier molecular flexibility index (Phi) is 6.20. The quantitative estimate of drug-likeness (QED) is 0.726. The molecular formula is C16H28N2O2. The van der Waals surface area contributed by atoms with Crippen LogP contribution in [0.15, 0.2) is 25.3 Å². The Balaban J connectivity index is 5.07. The van der Waals surface area contributed by atoms with Crippen LogP contribution in [0, 0.1) is 0 Å². The molecule has 0 aliphatic carbocycles. The van der Waals surface area contributed by atoms with E-state index in [9.17, 15) is 9.59 Å². The Morgan fingerprint density at radius 2 is 1.05 bits per heavy atom. The van der Waals surface area contributed by atoms with Crippen LogP contribution in [0.4, 0.5) is 0 Å². The summed E-state index contributed by atoms with van der Waals surface area (Å²) in [6.45, 7) is 19.8. The molecule has 0 aromatic rings. The summed E-state index contributed by atoms with van der Waals surface area (Å²) in [5, 5.41) is 0. The van der Waals surface area contributed by atoms with Gasteiger partial charge in [-0.1, -0.05) is 13.2 Å². The van der Waals surface area contributed by atoms with E-state index in [1.165, 1.54) is 12.2 Å². The minimum Gasteiger partial charge on any atom is -0.333 e. The van der Waals surface area contributed by atoms with Crippen LogP contribution in [0.1, 0.15) is 41.5 Å². The summed E-state index contributed by atoms with van der Waals surface area (Å²) in [5.41, 5.74) is -0.627. The largest absolute Gasteiger partial charge is 0.333 e. The highest BCUT2D eigenvalue weighted by atomic mass is 16.2. The topological polar surface area (TPSA) is 40.6 Å². The van der Waals surface area contributed by atoms with E-state index in [0.29, 0.717) is 13.1 Å². The standard InChI is InChI=1S/C16H28N2O2/c1-9-13(19)17(15(3,4)5)11-12-18(14(20)10-2)16(6,7)8/h9-10H,1-2,11-12H2,3-8H3. The maximum Gasteiger partial charge on any atom is 0.246 e. The molecule has 2 amide bonds. The average Bonchev–Trinajstić information content (AvgIpc) is 2.29. The highest BCUT2D eigenvalue weighted by Gasteiger charge is 2.29. The van der Waals surface area contributed by atoms with Gasteiger partial charge >= 0.3 is 0 Å². The highest BCUT2D eigenvalue weighted by molar-refractivity contribution is 5.88. The number of rotatable bonds is 5. The lowest BCUT2D eigenvalue weighted by molar-refractivity contribution is -0.135. The van der Waals surface area contributed by atoms with Gasteiger partial charge in [-0.15, -0.1) is 0 Å². The van der Waals surface area contributed by atoms with Crippen molar-refractivity contribution in [2.24, 2.45) is 0 Å². The van der Waals surface area contributed by atoms with E-state index in [4.69, 9.17) is 0 Å². The van der Waals surface area contributed by atoms with Crippen molar-refractivity contribution in [3.8, 4) is 0 Å². The first-order valence-electron chi connectivity index (χ1n) is 6.83. The lowest BCUT2D eigenvalue weighted by atomic mass is 10.0. The maximum absolute atomic E-state index is 11.9. The van der Waals surface area contributed by atoms with Gasteiger partial charge in [0.05, 0.1) is 0 Å². The lowest BCUT2D eigenvalue weighted by Crippen LogP contribution is -2.52. The first kappa shape index (κ1) is 18.4. The second-order valence-corrected chi connectivity index (χ2v) is 6.73. The number of hydrogen-bond donors (Lipinski definition) is 0. The first-order chi connectivity index (χ1) is 8.95. The van der Waals surface area contributed by atoms with Gasteiger partial charge in [0.1, 0.15) is 0 Å². The lowest BCUT2D eigenvalue weighted by Gasteiger charge is -2.40. The van der Waals surface area contributed by atoms with Gasteiger partial charge in [0, 0.05) is 24.2 Å². The Hall–Kier alpha value is -1.58. The monoisotopic (exact) mass is 280 g/mol. The molecular weight excluding hydrogens is 252 g/mol. The third kappa shape index (κ3) is 5.19. The molecule has 4 nitrogen and oxygen atoms in total. The zero-order valence-corrected chi connectivity index (χ0v) is 13.7. The smallest absolute Gasteiger partial charge is 0.246 e. The minimum atomic E-state index is -0.313. The molecule has 0 saturated carbocycles. The summed E-state index contributed by atoms with van der Waals surface area (Å²) in [4.78, 5) is 27.3. The SMILES string of the molecule is C=CC(=O)N(CCN(C(=O)C=C)C(C)(C)C)C(C)(C)C. The summed E-state index contributed by atoms with van der Waals surface area (Å²) in [7, 11) is 0. The molecule has 0 aromatic carbocycles. The summed E-state index contributed by atoms with van der Waals surface area (Å²) in [6.07, 6.45) is 2.62. The molecule has 114 valence electrons. The fourth-order valence-electron chi connectivity index (χ4n) is 1.97. The predicted octanol–water partition coefficient (Wildman–Crippen LogP) is 2.61. The Labute approximate surface area is 123 Å². The van der Waals surface area contributed by atoms with Crippen molar-refractivity contribution in [1.82, 2.24) is 9.80 Å². The zero-order chi connectivity index (χ0) is 16.1. The van der Waals surface area contributed by atoms with Crippen LogP contribution in [-0.4, -0.2) is 45.8 Å². The van der Waals surface area contributed by atoms with Crippen LogP contribution in [-0.2, 0) is 9.59 Å². The fourth-order valence-corrected chi connectivity index (χ4v) is 1.97. The molecule has 0 unspecified atom stereocenters.